The SMILES string of the molecule is COc1cc(C(C)NCc2ccc(C3CC3C)o2)ccc1OCc1ccncc1. The van der Waals surface area contributed by atoms with Gasteiger partial charge in [0.25, 0.3) is 0 Å². The number of furan rings is 1. The van der Waals surface area contributed by atoms with Gasteiger partial charge in [-0.25, -0.2) is 0 Å². The zero-order valence-corrected chi connectivity index (χ0v) is 17.2. The molecule has 0 spiro atoms. The van der Waals surface area contributed by atoms with E-state index >= 15 is 0 Å². The Morgan fingerprint density at radius 2 is 1.93 bits per heavy atom. The van der Waals surface area contributed by atoms with Crippen LogP contribution in [0.2, 0.25) is 0 Å². The fourth-order valence-electron chi connectivity index (χ4n) is 3.49. The summed E-state index contributed by atoms with van der Waals surface area (Å²) < 4.78 is 17.5. The van der Waals surface area contributed by atoms with Crippen molar-refractivity contribution in [3.8, 4) is 11.5 Å². The fraction of sp³-hybridized carbons (Fsp3) is 0.375. The molecule has 2 heterocycles. The van der Waals surface area contributed by atoms with Gasteiger partial charge < -0.3 is 19.2 Å². The quantitative estimate of drug-likeness (QED) is 0.540. The second kappa shape index (κ2) is 8.70. The maximum Gasteiger partial charge on any atom is 0.161 e. The molecule has 0 aliphatic heterocycles. The van der Waals surface area contributed by atoms with Crippen molar-refractivity contribution >= 4 is 0 Å². The maximum atomic E-state index is 5.99. The van der Waals surface area contributed by atoms with E-state index in [4.69, 9.17) is 13.9 Å². The third-order valence-electron chi connectivity index (χ3n) is 5.57. The van der Waals surface area contributed by atoms with Crippen LogP contribution in [0.3, 0.4) is 0 Å². The highest BCUT2D eigenvalue weighted by molar-refractivity contribution is 5.44. The van der Waals surface area contributed by atoms with Gasteiger partial charge in [0.05, 0.1) is 13.7 Å². The van der Waals surface area contributed by atoms with Crippen molar-refractivity contribution in [2.45, 2.75) is 45.4 Å². The maximum absolute atomic E-state index is 5.99. The van der Waals surface area contributed by atoms with Crippen LogP contribution in [0.4, 0.5) is 0 Å². The number of aromatic nitrogens is 1. The minimum absolute atomic E-state index is 0.159. The number of ether oxygens (including phenoxy) is 2. The van der Waals surface area contributed by atoms with Gasteiger partial charge in [0.15, 0.2) is 11.5 Å². The molecule has 1 aromatic carbocycles. The average Bonchev–Trinajstić information content (AvgIpc) is 3.30. The van der Waals surface area contributed by atoms with Gasteiger partial charge in [0, 0.05) is 24.4 Å². The lowest BCUT2D eigenvalue weighted by Crippen LogP contribution is -2.17. The molecular weight excluding hydrogens is 364 g/mol. The monoisotopic (exact) mass is 392 g/mol. The smallest absolute Gasteiger partial charge is 0.161 e. The Bertz CT molecular complexity index is 938. The largest absolute Gasteiger partial charge is 0.493 e. The highest BCUT2D eigenvalue weighted by Crippen LogP contribution is 2.47. The number of hydrogen-bond acceptors (Lipinski definition) is 5. The van der Waals surface area contributed by atoms with Crippen molar-refractivity contribution in [1.82, 2.24) is 10.3 Å². The molecule has 152 valence electrons. The van der Waals surface area contributed by atoms with Crippen molar-refractivity contribution < 1.29 is 13.9 Å². The molecule has 3 atom stereocenters. The summed E-state index contributed by atoms with van der Waals surface area (Å²) in [5.74, 6) is 4.94. The first-order chi connectivity index (χ1) is 14.1. The minimum atomic E-state index is 0.159. The zero-order chi connectivity index (χ0) is 20.2. The Labute approximate surface area is 172 Å². The van der Waals surface area contributed by atoms with Crippen molar-refractivity contribution in [2.24, 2.45) is 5.92 Å². The van der Waals surface area contributed by atoms with Crippen molar-refractivity contribution in [3.63, 3.8) is 0 Å². The van der Waals surface area contributed by atoms with E-state index in [1.54, 1.807) is 19.5 Å². The molecule has 1 aliphatic rings. The fourth-order valence-corrected chi connectivity index (χ4v) is 3.49. The Kier molecular flexibility index (Phi) is 5.86. The number of rotatable bonds is 9. The summed E-state index contributed by atoms with van der Waals surface area (Å²) in [7, 11) is 1.67. The van der Waals surface area contributed by atoms with Crippen LogP contribution in [0.5, 0.6) is 11.5 Å². The Hall–Kier alpha value is -2.79. The van der Waals surface area contributed by atoms with Crippen LogP contribution in [0, 0.1) is 5.92 Å². The summed E-state index contributed by atoms with van der Waals surface area (Å²) in [6, 6.07) is 14.3. The van der Waals surface area contributed by atoms with Gasteiger partial charge in [0.1, 0.15) is 18.1 Å². The molecule has 3 aromatic rings. The van der Waals surface area contributed by atoms with Crippen LogP contribution in [0.25, 0.3) is 0 Å². The van der Waals surface area contributed by atoms with Crippen molar-refractivity contribution in [1.29, 1.82) is 0 Å². The van der Waals surface area contributed by atoms with Crippen LogP contribution < -0.4 is 14.8 Å². The Morgan fingerprint density at radius 1 is 1.14 bits per heavy atom. The molecule has 29 heavy (non-hydrogen) atoms. The topological polar surface area (TPSA) is 56.5 Å². The van der Waals surface area contributed by atoms with Crippen LogP contribution in [0.1, 0.15) is 54.9 Å². The van der Waals surface area contributed by atoms with E-state index in [1.165, 1.54) is 6.42 Å². The van der Waals surface area contributed by atoms with E-state index in [2.05, 4.69) is 42.3 Å². The minimum Gasteiger partial charge on any atom is -0.493 e. The molecule has 3 unspecified atom stereocenters. The number of benzene rings is 1. The van der Waals surface area contributed by atoms with Gasteiger partial charge in [-0.1, -0.05) is 13.0 Å². The van der Waals surface area contributed by atoms with Gasteiger partial charge in [-0.3, -0.25) is 4.98 Å². The standard InChI is InChI=1S/C24H28N2O3/c1-16-12-21(16)22-7-5-20(29-22)14-26-17(2)19-4-6-23(24(13-19)27-3)28-15-18-8-10-25-11-9-18/h4-11,13,16-17,21,26H,12,14-15H2,1-3H3. The molecule has 4 rings (SSSR count). The Balaban J connectivity index is 1.35. The number of hydrogen-bond donors (Lipinski definition) is 1. The van der Waals surface area contributed by atoms with Crippen LogP contribution in [-0.4, -0.2) is 12.1 Å². The third-order valence-corrected chi connectivity index (χ3v) is 5.57. The highest BCUT2D eigenvalue weighted by atomic mass is 16.5. The van der Waals surface area contributed by atoms with E-state index < -0.39 is 0 Å². The molecule has 0 bridgehead atoms. The molecule has 0 radical (unpaired) electrons. The lowest BCUT2D eigenvalue weighted by Gasteiger charge is -2.17. The van der Waals surface area contributed by atoms with Gasteiger partial charge >= 0.3 is 0 Å². The molecule has 0 saturated heterocycles. The van der Waals surface area contributed by atoms with E-state index in [0.29, 0.717) is 19.1 Å². The molecule has 1 aliphatic carbocycles. The summed E-state index contributed by atoms with van der Waals surface area (Å²) in [6.07, 6.45) is 4.77. The second-order valence-electron chi connectivity index (χ2n) is 7.78. The van der Waals surface area contributed by atoms with Crippen LogP contribution in [0.15, 0.2) is 59.3 Å². The lowest BCUT2D eigenvalue weighted by molar-refractivity contribution is 0.284. The zero-order valence-electron chi connectivity index (χ0n) is 17.2. The predicted molar refractivity (Wildman–Crippen MR) is 112 cm³/mol. The van der Waals surface area contributed by atoms with E-state index in [-0.39, 0.29) is 6.04 Å². The second-order valence-corrected chi connectivity index (χ2v) is 7.78. The van der Waals surface area contributed by atoms with Gasteiger partial charge in [-0.05, 0) is 66.8 Å². The molecule has 1 fully saturated rings. The summed E-state index contributed by atoms with van der Waals surface area (Å²) >= 11 is 0. The first-order valence-corrected chi connectivity index (χ1v) is 10.2. The summed E-state index contributed by atoms with van der Waals surface area (Å²) in [5, 5.41) is 3.53. The molecule has 5 nitrogen and oxygen atoms in total. The first kappa shape index (κ1) is 19.5. The van der Waals surface area contributed by atoms with Gasteiger partial charge in [-0.15, -0.1) is 0 Å². The number of methoxy groups -OCH3 is 1. The van der Waals surface area contributed by atoms with Crippen molar-refractivity contribution in [3.05, 3.63) is 77.5 Å². The van der Waals surface area contributed by atoms with Gasteiger partial charge in [0.2, 0.25) is 0 Å². The summed E-state index contributed by atoms with van der Waals surface area (Å²) in [5.41, 5.74) is 2.21. The average molecular weight is 392 g/mol. The van der Waals surface area contributed by atoms with Crippen LogP contribution >= 0.6 is 0 Å². The van der Waals surface area contributed by atoms with E-state index in [1.807, 2.05) is 24.3 Å². The van der Waals surface area contributed by atoms with Crippen LogP contribution in [-0.2, 0) is 13.2 Å². The van der Waals surface area contributed by atoms with E-state index in [0.717, 1.165) is 40.1 Å². The molecular formula is C24H28N2O3. The first-order valence-electron chi connectivity index (χ1n) is 10.2. The summed E-state index contributed by atoms with van der Waals surface area (Å²) in [4.78, 5) is 4.03. The predicted octanol–water partition coefficient (Wildman–Crippen LogP) is 5.24. The Morgan fingerprint density at radius 3 is 2.66 bits per heavy atom. The molecule has 0 amide bonds. The number of pyridine rings is 1. The lowest BCUT2D eigenvalue weighted by atomic mass is 10.1. The molecule has 1 N–H and O–H groups in total. The molecule has 5 heteroatoms. The summed E-state index contributed by atoms with van der Waals surface area (Å²) in [6.45, 7) is 5.58. The number of nitrogens with zero attached hydrogens (tertiary/aromatic N) is 1. The van der Waals surface area contributed by atoms with E-state index in [9.17, 15) is 0 Å². The number of nitrogens with one attached hydrogen (secondary N) is 1. The molecule has 1 saturated carbocycles. The highest BCUT2D eigenvalue weighted by Gasteiger charge is 2.36. The molecule has 2 aromatic heterocycles. The normalized spacial score (nSPS) is 19.0. The van der Waals surface area contributed by atoms with Crippen molar-refractivity contribution in [2.75, 3.05) is 7.11 Å². The third kappa shape index (κ3) is 4.80. The van der Waals surface area contributed by atoms with Gasteiger partial charge in [-0.2, -0.15) is 0 Å².